The number of fused-ring (bicyclic) bond motifs is 1. The second kappa shape index (κ2) is 8.59. The Kier molecular flexibility index (Phi) is 5.70. The maximum atomic E-state index is 12.8. The van der Waals surface area contributed by atoms with E-state index in [4.69, 9.17) is 5.73 Å². The van der Waals surface area contributed by atoms with E-state index in [1.165, 1.54) is 17.3 Å². The van der Waals surface area contributed by atoms with E-state index in [1.54, 1.807) is 24.3 Å². The molecule has 4 rings (SSSR count). The van der Waals surface area contributed by atoms with Crippen LogP contribution in [0, 0.1) is 6.92 Å². The van der Waals surface area contributed by atoms with Crippen LogP contribution in [0.1, 0.15) is 35.2 Å². The van der Waals surface area contributed by atoms with Gasteiger partial charge < -0.3 is 16.0 Å². The molecular weight excluding hydrogens is 394 g/mol. The van der Waals surface area contributed by atoms with Crippen LogP contribution < -0.4 is 21.5 Å². The van der Waals surface area contributed by atoms with E-state index in [-0.39, 0.29) is 18.0 Å². The molecule has 3 aromatic rings. The summed E-state index contributed by atoms with van der Waals surface area (Å²) in [7, 11) is 0. The lowest BCUT2D eigenvalue weighted by atomic mass is 10.1. The zero-order valence-corrected chi connectivity index (χ0v) is 17.4. The van der Waals surface area contributed by atoms with Gasteiger partial charge in [0, 0.05) is 18.7 Å². The highest BCUT2D eigenvalue weighted by molar-refractivity contribution is 5.99. The number of carbonyl (C=O) groups excluding carboxylic acids is 2. The molecule has 1 aromatic heterocycles. The quantitative estimate of drug-likeness (QED) is 0.660. The maximum absolute atomic E-state index is 12.8. The van der Waals surface area contributed by atoms with Gasteiger partial charge in [-0.15, -0.1) is 0 Å². The Hall–Kier alpha value is -3.68. The lowest BCUT2D eigenvalue weighted by Gasteiger charge is -2.30. The smallest absolute Gasteiger partial charge is 0.261 e. The molecular formula is C23H25N5O3. The number of para-hydroxylation sites is 1. The Balaban J connectivity index is 1.61. The summed E-state index contributed by atoms with van der Waals surface area (Å²) in [4.78, 5) is 43.8. The average molecular weight is 419 g/mol. The Morgan fingerprint density at radius 1 is 1.13 bits per heavy atom. The van der Waals surface area contributed by atoms with Crippen molar-refractivity contribution >= 4 is 34.1 Å². The molecule has 0 bridgehead atoms. The summed E-state index contributed by atoms with van der Waals surface area (Å²) >= 11 is 0. The lowest BCUT2D eigenvalue weighted by molar-refractivity contribution is -0.116. The van der Waals surface area contributed by atoms with Crippen LogP contribution >= 0.6 is 0 Å². The summed E-state index contributed by atoms with van der Waals surface area (Å²) in [5, 5.41) is 3.33. The zero-order chi connectivity index (χ0) is 22.0. The van der Waals surface area contributed by atoms with Crippen LogP contribution in [0.15, 0.2) is 47.5 Å². The SMILES string of the molecule is Cc1cccc2c(=O)n(CC(=O)Nc3cc(C(N)=O)ccc3N3CCCCC3)cnc12. The van der Waals surface area contributed by atoms with Crippen LogP contribution in [0.3, 0.4) is 0 Å². The molecule has 8 nitrogen and oxygen atoms in total. The van der Waals surface area contributed by atoms with Gasteiger partial charge in [0.05, 0.1) is 28.6 Å². The third kappa shape index (κ3) is 4.28. The van der Waals surface area contributed by atoms with Gasteiger partial charge in [0.2, 0.25) is 11.8 Å². The van der Waals surface area contributed by atoms with Crippen LogP contribution in [0.4, 0.5) is 11.4 Å². The molecule has 1 aliphatic heterocycles. The molecule has 3 N–H and O–H groups in total. The van der Waals surface area contributed by atoms with E-state index in [1.807, 2.05) is 19.1 Å². The van der Waals surface area contributed by atoms with Gasteiger partial charge in [-0.3, -0.25) is 19.0 Å². The summed E-state index contributed by atoms with van der Waals surface area (Å²) in [5.41, 5.74) is 8.37. The van der Waals surface area contributed by atoms with Gasteiger partial charge >= 0.3 is 0 Å². The number of carbonyl (C=O) groups is 2. The average Bonchev–Trinajstić information content (AvgIpc) is 2.76. The van der Waals surface area contributed by atoms with Crippen molar-refractivity contribution in [2.45, 2.75) is 32.7 Å². The second-order valence-electron chi connectivity index (χ2n) is 7.84. The van der Waals surface area contributed by atoms with E-state index in [0.29, 0.717) is 22.2 Å². The number of nitrogens with two attached hydrogens (primary N) is 1. The highest BCUT2D eigenvalue weighted by atomic mass is 16.2. The highest BCUT2D eigenvalue weighted by Gasteiger charge is 2.18. The first-order chi connectivity index (χ1) is 14.9. The first kappa shape index (κ1) is 20.6. The van der Waals surface area contributed by atoms with E-state index in [9.17, 15) is 14.4 Å². The number of primary amides is 1. The van der Waals surface area contributed by atoms with Crippen molar-refractivity contribution in [1.82, 2.24) is 9.55 Å². The predicted molar refractivity (Wildman–Crippen MR) is 120 cm³/mol. The molecule has 1 aliphatic rings. The number of nitrogens with one attached hydrogen (secondary N) is 1. The van der Waals surface area contributed by atoms with Crippen LogP contribution in [0.25, 0.3) is 10.9 Å². The molecule has 0 radical (unpaired) electrons. The lowest BCUT2D eigenvalue weighted by Crippen LogP contribution is -2.32. The first-order valence-electron chi connectivity index (χ1n) is 10.4. The van der Waals surface area contributed by atoms with Gasteiger partial charge in [0.15, 0.2) is 0 Å². The van der Waals surface area contributed by atoms with Gasteiger partial charge in [-0.1, -0.05) is 12.1 Å². The summed E-state index contributed by atoms with van der Waals surface area (Å²) in [6, 6.07) is 10.5. The van der Waals surface area contributed by atoms with Crippen molar-refractivity contribution in [1.29, 1.82) is 0 Å². The maximum Gasteiger partial charge on any atom is 0.261 e. The summed E-state index contributed by atoms with van der Waals surface area (Å²) in [6.45, 7) is 3.47. The number of amides is 2. The van der Waals surface area contributed by atoms with E-state index in [2.05, 4.69) is 15.2 Å². The fraction of sp³-hybridized carbons (Fsp3) is 0.304. The number of aryl methyl sites for hydroxylation is 1. The predicted octanol–water partition coefficient (Wildman–Crippen LogP) is 2.43. The van der Waals surface area contributed by atoms with Crippen molar-refractivity contribution in [3.63, 3.8) is 0 Å². The number of rotatable bonds is 5. The van der Waals surface area contributed by atoms with Crippen molar-refractivity contribution < 1.29 is 9.59 Å². The standard InChI is InChI=1S/C23H25N5O3/c1-15-6-5-7-17-21(15)25-14-28(23(17)31)13-20(29)26-18-12-16(22(24)30)8-9-19(18)27-10-3-2-4-11-27/h5-9,12,14H,2-4,10-11,13H2,1H3,(H2,24,30)(H,26,29). The Morgan fingerprint density at radius 3 is 2.65 bits per heavy atom. The molecule has 0 atom stereocenters. The van der Waals surface area contributed by atoms with Crippen molar-refractivity contribution in [2.75, 3.05) is 23.3 Å². The van der Waals surface area contributed by atoms with Crippen molar-refractivity contribution in [2.24, 2.45) is 5.73 Å². The van der Waals surface area contributed by atoms with Crippen molar-refractivity contribution in [3.05, 3.63) is 64.2 Å². The van der Waals surface area contributed by atoms with E-state index in [0.717, 1.165) is 37.2 Å². The fourth-order valence-electron chi connectivity index (χ4n) is 3.99. The number of hydrogen-bond acceptors (Lipinski definition) is 5. The largest absolute Gasteiger partial charge is 0.370 e. The molecule has 0 unspecified atom stereocenters. The van der Waals surface area contributed by atoms with Crippen LogP contribution in [0.2, 0.25) is 0 Å². The molecule has 8 heteroatoms. The third-order valence-electron chi connectivity index (χ3n) is 5.62. The molecule has 2 aromatic carbocycles. The molecule has 2 amide bonds. The first-order valence-corrected chi connectivity index (χ1v) is 10.4. The molecule has 1 fully saturated rings. The number of aromatic nitrogens is 2. The normalized spacial score (nSPS) is 13.9. The van der Waals surface area contributed by atoms with Gasteiger partial charge in [0.1, 0.15) is 6.54 Å². The Labute approximate surface area is 179 Å². The molecule has 31 heavy (non-hydrogen) atoms. The Bertz CT molecular complexity index is 1210. The summed E-state index contributed by atoms with van der Waals surface area (Å²) in [5.74, 6) is -0.943. The van der Waals surface area contributed by atoms with Crippen LogP contribution in [0.5, 0.6) is 0 Å². The monoisotopic (exact) mass is 419 g/mol. The van der Waals surface area contributed by atoms with Gasteiger partial charge in [0.25, 0.3) is 5.56 Å². The second-order valence-corrected chi connectivity index (χ2v) is 7.84. The minimum absolute atomic E-state index is 0.185. The van der Waals surface area contributed by atoms with Gasteiger partial charge in [-0.2, -0.15) is 0 Å². The Morgan fingerprint density at radius 2 is 1.90 bits per heavy atom. The zero-order valence-electron chi connectivity index (χ0n) is 17.4. The number of piperidine rings is 1. The number of nitrogens with zero attached hydrogens (tertiary/aromatic N) is 3. The molecule has 0 saturated carbocycles. The fourth-order valence-corrected chi connectivity index (χ4v) is 3.99. The van der Waals surface area contributed by atoms with Crippen molar-refractivity contribution in [3.8, 4) is 0 Å². The molecule has 0 aliphatic carbocycles. The number of hydrogen-bond donors (Lipinski definition) is 2. The minimum atomic E-state index is -0.564. The highest BCUT2D eigenvalue weighted by Crippen LogP contribution is 2.29. The summed E-state index contributed by atoms with van der Waals surface area (Å²) < 4.78 is 1.29. The van der Waals surface area contributed by atoms with Crippen LogP contribution in [-0.2, 0) is 11.3 Å². The minimum Gasteiger partial charge on any atom is -0.370 e. The topological polar surface area (TPSA) is 110 Å². The molecule has 160 valence electrons. The number of anilines is 2. The van der Waals surface area contributed by atoms with Gasteiger partial charge in [-0.25, -0.2) is 4.98 Å². The third-order valence-corrected chi connectivity index (χ3v) is 5.62. The van der Waals surface area contributed by atoms with E-state index >= 15 is 0 Å². The molecule has 0 spiro atoms. The van der Waals surface area contributed by atoms with E-state index < -0.39 is 5.91 Å². The van der Waals surface area contributed by atoms with Gasteiger partial charge in [-0.05, 0) is 56.0 Å². The van der Waals surface area contributed by atoms with Crippen LogP contribution in [-0.4, -0.2) is 34.5 Å². The number of benzene rings is 2. The molecule has 1 saturated heterocycles. The molecule has 2 heterocycles. The summed E-state index contributed by atoms with van der Waals surface area (Å²) in [6.07, 6.45) is 4.71.